The Labute approximate surface area is 126 Å². The van der Waals surface area contributed by atoms with Gasteiger partial charge in [-0.05, 0) is 37.0 Å². The lowest BCUT2D eigenvalue weighted by Crippen LogP contribution is -2.13. The normalized spacial score (nSPS) is 11.0. The number of ether oxygens (including phenoxy) is 1. The fourth-order valence-corrected chi connectivity index (χ4v) is 2.17. The first kappa shape index (κ1) is 15.1. The summed E-state index contributed by atoms with van der Waals surface area (Å²) in [5, 5.41) is 9.28. The highest BCUT2D eigenvalue weighted by molar-refractivity contribution is 5.48. The maximum Gasteiger partial charge on any atom is 0.237 e. The van der Waals surface area contributed by atoms with Gasteiger partial charge >= 0.3 is 0 Å². The first-order chi connectivity index (χ1) is 9.82. The van der Waals surface area contributed by atoms with Crippen molar-refractivity contribution in [2.45, 2.75) is 40.0 Å². The highest BCUT2D eigenvalue weighted by Gasteiger charge is 2.20. The standard InChI is InChI=1S/C18H20N2O/c1-12-6-7-16(15(10-12)18(3,4)5)21-17-14(11-19)13(2)8-9-20-17/h6-10H,1-5H3. The van der Waals surface area contributed by atoms with Crippen molar-refractivity contribution in [1.82, 2.24) is 4.98 Å². The lowest BCUT2D eigenvalue weighted by Gasteiger charge is -2.23. The minimum atomic E-state index is -0.0437. The summed E-state index contributed by atoms with van der Waals surface area (Å²) in [4.78, 5) is 4.21. The van der Waals surface area contributed by atoms with E-state index in [9.17, 15) is 5.26 Å². The van der Waals surface area contributed by atoms with Gasteiger partial charge in [0.05, 0.1) is 0 Å². The summed E-state index contributed by atoms with van der Waals surface area (Å²) in [5.41, 5.74) is 3.60. The van der Waals surface area contributed by atoms with Gasteiger partial charge in [0.25, 0.3) is 0 Å². The molecule has 108 valence electrons. The molecule has 0 radical (unpaired) electrons. The SMILES string of the molecule is Cc1ccc(Oc2nccc(C)c2C#N)c(C(C)(C)C)c1. The molecule has 21 heavy (non-hydrogen) atoms. The van der Waals surface area contributed by atoms with Gasteiger partial charge in [-0.1, -0.05) is 38.5 Å². The summed E-state index contributed by atoms with van der Waals surface area (Å²) in [5.74, 6) is 1.12. The number of pyridine rings is 1. The zero-order valence-corrected chi connectivity index (χ0v) is 13.2. The van der Waals surface area contributed by atoms with Crippen LogP contribution in [0.2, 0.25) is 0 Å². The van der Waals surface area contributed by atoms with Gasteiger partial charge in [0.1, 0.15) is 17.4 Å². The van der Waals surface area contributed by atoms with Crippen LogP contribution in [0.15, 0.2) is 30.5 Å². The topological polar surface area (TPSA) is 45.9 Å². The molecule has 0 spiro atoms. The molecule has 3 heteroatoms. The van der Waals surface area contributed by atoms with E-state index in [2.05, 4.69) is 44.8 Å². The van der Waals surface area contributed by atoms with Crippen LogP contribution in [0.4, 0.5) is 0 Å². The van der Waals surface area contributed by atoms with Crippen LogP contribution in [-0.4, -0.2) is 4.98 Å². The Balaban J connectivity index is 2.51. The molecule has 0 saturated heterocycles. The summed E-state index contributed by atoms with van der Waals surface area (Å²) in [6, 6.07) is 10.1. The van der Waals surface area contributed by atoms with Crippen molar-refractivity contribution in [3.63, 3.8) is 0 Å². The lowest BCUT2D eigenvalue weighted by atomic mass is 9.85. The third-order valence-electron chi connectivity index (χ3n) is 3.39. The molecule has 1 aromatic carbocycles. The molecule has 0 fully saturated rings. The van der Waals surface area contributed by atoms with Crippen LogP contribution in [0.1, 0.15) is 43.0 Å². The number of nitrogens with zero attached hydrogens (tertiary/aromatic N) is 2. The molecule has 0 aliphatic carbocycles. The second kappa shape index (κ2) is 5.57. The fraction of sp³-hybridized carbons (Fsp3) is 0.333. The van der Waals surface area contributed by atoms with Crippen molar-refractivity contribution in [3.8, 4) is 17.7 Å². The number of hydrogen-bond acceptors (Lipinski definition) is 3. The van der Waals surface area contributed by atoms with Gasteiger partial charge < -0.3 is 4.74 Å². The van der Waals surface area contributed by atoms with Crippen molar-refractivity contribution in [1.29, 1.82) is 5.26 Å². The van der Waals surface area contributed by atoms with Crippen molar-refractivity contribution >= 4 is 0 Å². The molecular formula is C18H20N2O. The van der Waals surface area contributed by atoms with E-state index in [0.717, 1.165) is 16.9 Å². The number of nitriles is 1. The zero-order valence-electron chi connectivity index (χ0n) is 13.2. The quantitative estimate of drug-likeness (QED) is 0.803. The van der Waals surface area contributed by atoms with Crippen molar-refractivity contribution in [2.75, 3.05) is 0 Å². The minimum Gasteiger partial charge on any atom is -0.437 e. The summed E-state index contributed by atoms with van der Waals surface area (Å²) < 4.78 is 5.96. The van der Waals surface area contributed by atoms with E-state index >= 15 is 0 Å². The van der Waals surface area contributed by atoms with Crippen LogP contribution in [-0.2, 0) is 5.41 Å². The van der Waals surface area contributed by atoms with Crippen LogP contribution in [0.5, 0.6) is 11.6 Å². The van der Waals surface area contributed by atoms with Crippen LogP contribution in [0.25, 0.3) is 0 Å². The molecule has 0 unspecified atom stereocenters. The molecular weight excluding hydrogens is 260 g/mol. The highest BCUT2D eigenvalue weighted by atomic mass is 16.5. The largest absolute Gasteiger partial charge is 0.437 e. The first-order valence-electron chi connectivity index (χ1n) is 6.97. The van der Waals surface area contributed by atoms with Gasteiger partial charge in [0.15, 0.2) is 0 Å². The van der Waals surface area contributed by atoms with Crippen molar-refractivity contribution in [2.24, 2.45) is 0 Å². The molecule has 0 aliphatic rings. The second-order valence-electron chi connectivity index (χ2n) is 6.27. The molecule has 2 rings (SSSR count). The number of benzene rings is 1. The van der Waals surface area contributed by atoms with Gasteiger partial charge in [-0.3, -0.25) is 0 Å². The molecule has 1 aromatic heterocycles. The number of rotatable bonds is 2. The van der Waals surface area contributed by atoms with Crippen LogP contribution in [0.3, 0.4) is 0 Å². The smallest absolute Gasteiger partial charge is 0.237 e. The second-order valence-corrected chi connectivity index (χ2v) is 6.27. The number of hydrogen-bond donors (Lipinski definition) is 0. The van der Waals surface area contributed by atoms with E-state index in [1.54, 1.807) is 6.20 Å². The Kier molecular flexibility index (Phi) is 3.99. The average molecular weight is 280 g/mol. The Morgan fingerprint density at radius 3 is 2.48 bits per heavy atom. The van der Waals surface area contributed by atoms with Gasteiger partial charge in [0.2, 0.25) is 5.88 Å². The molecule has 2 aromatic rings. The molecule has 1 heterocycles. The Bertz CT molecular complexity index is 706. The number of aromatic nitrogens is 1. The maximum atomic E-state index is 9.28. The summed E-state index contributed by atoms with van der Waals surface area (Å²) >= 11 is 0. The minimum absolute atomic E-state index is 0.0437. The van der Waals surface area contributed by atoms with Gasteiger partial charge in [0, 0.05) is 11.8 Å². The molecule has 0 atom stereocenters. The van der Waals surface area contributed by atoms with E-state index in [1.165, 1.54) is 5.56 Å². The van der Waals surface area contributed by atoms with Gasteiger partial charge in [-0.2, -0.15) is 5.26 Å². The molecule has 0 bridgehead atoms. The maximum absolute atomic E-state index is 9.28. The Hall–Kier alpha value is -2.34. The molecule has 0 N–H and O–H groups in total. The predicted octanol–water partition coefficient (Wildman–Crippen LogP) is 4.66. The van der Waals surface area contributed by atoms with Crippen molar-refractivity contribution < 1.29 is 4.74 Å². The highest BCUT2D eigenvalue weighted by Crippen LogP contribution is 2.35. The zero-order chi connectivity index (χ0) is 15.6. The van der Waals surface area contributed by atoms with E-state index in [0.29, 0.717) is 11.4 Å². The summed E-state index contributed by atoms with van der Waals surface area (Å²) in [7, 11) is 0. The molecule has 0 saturated carbocycles. The lowest BCUT2D eigenvalue weighted by molar-refractivity contribution is 0.438. The van der Waals surface area contributed by atoms with E-state index in [4.69, 9.17) is 4.74 Å². The van der Waals surface area contributed by atoms with E-state index < -0.39 is 0 Å². The first-order valence-corrected chi connectivity index (χ1v) is 6.97. The fourth-order valence-electron chi connectivity index (χ4n) is 2.17. The van der Waals surface area contributed by atoms with Gasteiger partial charge in [-0.25, -0.2) is 4.98 Å². The van der Waals surface area contributed by atoms with Crippen LogP contribution >= 0.6 is 0 Å². The Morgan fingerprint density at radius 2 is 1.86 bits per heavy atom. The Morgan fingerprint density at radius 1 is 1.14 bits per heavy atom. The predicted molar refractivity (Wildman–Crippen MR) is 83.6 cm³/mol. The van der Waals surface area contributed by atoms with Crippen molar-refractivity contribution in [3.05, 3.63) is 52.7 Å². The third kappa shape index (κ3) is 3.22. The summed E-state index contributed by atoms with van der Waals surface area (Å²) in [6.07, 6.45) is 1.66. The van der Waals surface area contributed by atoms with E-state index in [-0.39, 0.29) is 5.41 Å². The summed E-state index contributed by atoms with van der Waals surface area (Å²) in [6.45, 7) is 10.4. The molecule has 3 nitrogen and oxygen atoms in total. The molecule has 0 aliphatic heterocycles. The van der Waals surface area contributed by atoms with E-state index in [1.807, 2.05) is 25.1 Å². The van der Waals surface area contributed by atoms with Crippen LogP contribution < -0.4 is 4.74 Å². The monoisotopic (exact) mass is 280 g/mol. The molecule has 0 amide bonds. The third-order valence-corrected chi connectivity index (χ3v) is 3.39. The van der Waals surface area contributed by atoms with Crippen LogP contribution in [0, 0.1) is 25.2 Å². The average Bonchev–Trinajstić information content (AvgIpc) is 2.40. The van der Waals surface area contributed by atoms with Gasteiger partial charge in [-0.15, -0.1) is 0 Å². The number of aryl methyl sites for hydroxylation is 2.